The molecule has 3 rings (SSSR count). The number of rotatable bonds is 6. The number of nitrogens with one attached hydrogen (secondary N) is 1. The highest BCUT2D eigenvalue weighted by atomic mass is 79.9. The number of halogens is 1. The van der Waals surface area contributed by atoms with Crippen LogP contribution >= 0.6 is 15.9 Å². The Kier molecular flexibility index (Phi) is 7.27. The Bertz CT molecular complexity index is 999. The molecule has 0 unspecified atom stereocenters. The van der Waals surface area contributed by atoms with Crippen LogP contribution in [-0.4, -0.2) is 44.8 Å². The van der Waals surface area contributed by atoms with Crippen LogP contribution in [0.3, 0.4) is 0 Å². The maximum Gasteiger partial charge on any atom is 0.337 e. The van der Waals surface area contributed by atoms with Crippen molar-refractivity contribution in [2.24, 2.45) is 5.92 Å². The Morgan fingerprint density at radius 1 is 1.07 bits per heavy atom. The molecule has 9 heteroatoms. The average Bonchev–Trinajstić information content (AvgIpc) is 2.75. The van der Waals surface area contributed by atoms with Crippen LogP contribution in [0.1, 0.15) is 28.8 Å². The fourth-order valence-electron chi connectivity index (χ4n) is 3.33. The van der Waals surface area contributed by atoms with Crippen molar-refractivity contribution in [1.82, 2.24) is 4.31 Å². The fraction of sp³-hybridized carbons (Fsp3) is 0.333. The van der Waals surface area contributed by atoms with Gasteiger partial charge in [0.05, 0.1) is 18.4 Å². The number of sulfonamides is 1. The lowest BCUT2D eigenvalue weighted by atomic mass is 9.97. The maximum absolute atomic E-state index is 12.7. The third kappa shape index (κ3) is 5.68. The molecule has 0 radical (unpaired) electrons. The molecular formula is C21H23BrN2O5S. The van der Waals surface area contributed by atoms with E-state index in [0.29, 0.717) is 37.2 Å². The van der Waals surface area contributed by atoms with Gasteiger partial charge in [0.15, 0.2) is 0 Å². The first kappa shape index (κ1) is 22.5. The minimum absolute atomic E-state index is 0.0519. The number of benzene rings is 2. The number of ether oxygens (including phenoxy) is 1. The summed E-state index contributed by atoms with van der Waals surface area (Å²) in [6.45, 7) is 0.635. The third-order valence-electron chi connectivity index (χ3n) is 5.05. The average molecular weight is 495 g/mol. The molecule has 0 aromatic heterocycles. The van der Waals surface area contributed by atoms with Gasteiger partial charge in [-0.05, 0) is 54.8 Å². The molecule has 0 saturated carbocycles. The quantitative estimate of drug-likeness (QED) is 0.621. The molecule has 0 bridgehead atoms. The van der Waals surface area contributed by atoms with Gasteiger partial charge in [-0.15, -0.1) is 0 Å². The molecule has 0 aliphatic carbocycles. The lowest BCUT2D eigenvalue weighted by Gasteiger charge is -2.30. The summed E-state index contributed by atoms with van der Waals surface area (Å²) in [6, 6.07) is 13.7. The SMILES string of the molecule is COC(=O)c1ccc(NC(=O)C2CCN(S(=O)(=O)Cc3ccc(Br)cc3)CC2)cc1. The van der Waals surface area contributed by atoms with E-state index in [-0.39, 0.29) is 17.6 Å². The van der Waals surface area contributed by atoms with Crippen LogP contribution in [0.2, 0.25) is 0 Å². The van der Waals surface area contributed by atoms with E-state index in [1.807, 2.05) is 12.1 Å². The number of esters is 1. The van der Waals surface area contributed by atoms with E-state index in [9.17, 15) is 18.0 Å². The Morgan fingerprint density at radius 2 is 1.67 bits per heavy atom. The van der Waals surface area contributed by atoms with Crippen LogP contribution in [0.4, 0.5) is 5.69 Å². The zero-order chi connectivity index (χ0) is 21.7. The number of methoxy groups -OCH3 is 1. The van der Waals surface area contributed by atoms with Crippen molar-refractivity contribution >= 4 is 43.5 Å². The van der Waals surface area contributed by atoms with E-state index >= 15 is 0 Å². The van der Waals surface area contributed by atoms with Crippen molar-refractivity contribution in [2.45, 2.75) is 18.6 Å². The second kappa shape index (κ2) is 9.72. The van der Waals surface area contributed by atoms with E-state index in [2.05, 4.69) is 26.0 Å². The van der Waals surface area contributed by atoms with Crippen molar-refractivity contribution in [2.75, 3.05) is 25.5 Å². The summed E-state index contributed by atoms with van der Waals surface area (Å²) in [5.74, 6) is -0.899. The predicted octanol–water partition coefficient (Wildman–Crippen LogP) is 3.42. The van der Waals surface area contributed by atoms with Gasteiger partial charge >= 0.3 is 5.97 Å². The van der Waals surface area contributed by atoms with E-state index < -0.39 is 16.0 Å². The Balaban J connectivity index is 1.53. The Labute approximate surface area is 184 Å². The molecule has 7 nitrogen and oxygen atoms in total. The van der Waals surface area contributed by atoms with Gasteiger partial charge in [-0.2, -0.15) is 0 Å². The molecular weight excluding hydrogens is 472 g/mol. The first-order valence-electron chi connectivity index (χ1n) is 9.50. The van der Waals surface area contributed by atoms with E-state index in [4.69, 9.17) is 0 Å². The highest BCUT2D eigenvalue weighted by Crippen LogP contribution is 2.24. The lowest BCUT2D eigenvalue weighted by molar-refractivity contribution is -0.120. The van der Waals surface area contributed by atoms with Crippen molar-refractivity contribution in [3.05, 3.63) is 64.1 Å². The molecule has 1 N–H and O–H groups in total. The van der Waals surface area contributed by atoms with Crippen LogP contribution < -0.4 is 5.32 Å². The van der Waals surface area contributed by atoms with Gasteiger partial charge in [-0.1, -0.05) is 28.1 Å². The van der Waals surface area contributed by atoms with E-state index in [1.54, 1.807) is 36.4 Å². The molecule has 2 aromatic carbocycles. The van der Waals surface area contributed by atoms with Gasteiger partial charge in [0.1, 0.15) is 0 Å². The molecule has 160 valence electrons. The first-order valence-corrected chi connectivity index (χ1v) is 11.9. The Morgan fingerprint density at radius 3 is 2.23 bits per heavy atom. The zero-order valence-corrected chi connectivity index (χ0v) is 18.9. The van der Waals surface area contributed by atoms with Crippen LogP contribution in [0, 0.1) is 5.92 Å². The van der Waals surface area contributed by atoms with Crippen LogP contribution in [-0.2, 0) is 25.3 Å². The monoisotopic (exact) mass is 494 g/mol. The molecule has 30 heavy (non-hydrogen) atoms. The minimum Gasteiger partial charge on any atom is -0.465 e. The summed E-state index contributed by atoms with van der Waals surface area (Å²) in [5, 5.41) is 2.83. The number of hydrogen-bond acceptors (Lipinski definition) is 5. The molecule has 2 aromatic rings. The van der Waals surface area contributed by atoms with E-state index in [1.165, 1.54) is 11.4 Å². The fourth-order valence-corrected chi connectivity index (χ4v) is 5.16. The number of carbonyl (C=O) groups is 2. The molecule has 0 spiro atoms. The number of anilines is 1. The smallest absolute Gasteiger partial charge is 0.337 e. The van der Waals surface area contributed by atoms with Crippen LogP contribution in [0.5, 0.6) is 0 Å². The van der Waals surface area contributed by atoms with Crippen molar-refractivity contribution in [1.29, 1.82) is 0 Å². The van der Waals surface area contributed by atoms with Crippen LogP contribution in [0.25, 0.3) is 0 Å². The lowest BCUT2D eigenvalue weighted by Crippen LogP contribution is -2.41. The van der Waals surface area contributed by atoms with Gasteiger partial charge < -0.3 is 10.1 Å². The summed E-state index contributed by atoms with van der Waals surface area (Å²) >= 11 is 3.34. The molecule has 1 heterocycles. The topological polar surface area (TPSA) is 92.8 Å². The van der Waals surface area contributed by atoms with Gasteiger partial charge in [0.2, 0.25) is 15.9 Å². The highest BCUT2D eigenvalue weighted by molar-refractivity contribution is 9.10. The summed E-state index contributed by atoms with van der Waals surface area (Å²) in [4.78, 5) is 24.0. The number of hydrogen-bond donors (Lipinski definition) is 1. The maximum atomic E-state index is 12.7. The number of carbonyl (C=O) groups excluding carboxylic acids is 2. The second-order valence-corrected chi connectivity index (χ2v) is 10.00. The van der Waals surface area contributed by atoms with Crippen molar-refractivity contribution in [3.8, 4) is 0 Å². The van der Waals surface area contributed by atoms with Gasteiger partial charge in [0, 0.05) is 29.2 Å². The number of piperidine rings is 1. The van der Waals surface area contributed by atoms with Gasteiger partial charge in [0.25, 0.3) is 0 Å². The standard InChI is InChI=1S/C21H23BrN2O5S/c1-29-21(26)17-4-8-19(9-5-17)23-20(25)16-10-12-24(13-11-16)30(27,28)14-15-2-6-18(22)7-3-15/h2-9,16H,10-14H2,1H3,(H,23,25). The minimum atomic E-state index is -3.43. The molecule has 1 fully saturated rings. The zero-order valence-electron chi connectivity index (χ0n) is 16.5. The molecule has 1 amide bonds. The summed E-state index contributed by atoms with van der Waals surface area (Å²) in [7, 11) is -2.12. The molecule has 0 atom stereocenters. The normalized spacial score (nSPS) is 15.5. The number of nitrogens with zero attached hydrogens (tertiary/aromatic N) is 1. The molecule has 1 aliphatic heterocycles. The highest BCUT2D eigenvalue weighted by Gasteiger charge is 2.31. The first-order chi connectivity index (χ1) is 14.3. The van der Waals surface area contributed by atoms with Gasteiger partial charge in [-0.25, -0.2) is 17.5 Å². The molecule has 1 saturated heterocycles. The van der Waals surface area contributed by atoms with E-state index in [0.717, 1.165) is 10.0 Å². The van der Waals surface area contributed by atoms with Crippen molar-refractivity contribution < 1.29 is 22.7 Å². The molecule has 1 aliphatic rings. The Hall–Kier alpha value is -2.23. The number of amides is 1. The van der Waals surface area contributed by atoms with Crippen LogP contribution in [0.15, 0.2) is 53.0 Å². The summed E-state index contributed by atoms with van der Waals surface area (Å²) in [6.07, 6.45) is 0.928. The third-order valence-corrected chi connectivity index (χ3v) is 7.43. The summed E-state index contributed by atoms with van der Waals surface area (Å²) in [5.41, 5.74) is 1.71. The predicted molar refractivity (Wildman–Crippen MR) is 117 cm³/mol. The van der Waals surface area contributed by atoms with Gasteiger partial charge in [-0.3, -0.25) is 4.79 Å². The van der Waals surface area contributed by atoms with Crippen molar-refractivity contribution in [3.63, 3.8) is 0 Å². The second-order valence-electron chi connectivity index (χ2n) is 7.11. The largest absolute Gasteiger partial charge is 0.465 e. The summed E-state index contributed by atoms with van der Waals surface area (Å²) < 4.78 is 32.4.